The van der Waals surface area contributed by atoms with Crippen molar-refractivity contribution >= 4 is 17.2 Å². The number of hydrogen-bond acceptors (Lipinski definition) is 4. The molecule has 1 amide bonds. The van der Waals surface area contributed by atoms with E-state index < -0.39 is 0 Å². The Kier molecular flexibility index (Phi) is 4.15. The molecule has 2 aromatic heterocycles. The van der Waals surface area contributed by atoms with Crippen LogP contribution in [0, 0.1) is 5.92 Å². The second-order valence-electron chi connectivity index (χ2n) is 4.49. The monoisotopic (exact) mass is 264 g/mol. The standard InChI is InChI=1S/C13H16N2O2S/c1-9(2)5-6-14-13(16)10-8-11(17-15-10)12-4-3-7-18-12/h3-4,7-9H,5-6H2,1-2H3,(H,14,16). The molecule has 0 aliphatic carbocycles. The maximum absolute atomic E-state index is 11.8. The molecular formula is C13H16N2O2S. The van der Waals surface area contributed by atoms with E-state index in [2.05, 4.69) is 24.3 Å². The van der Waals surface area contributed by atoms with Gasteiger partial charge in [-0.05, 0) is 23.8 Å². The zero-order valence-electron chi connectivity index (χ0n) is 10.5. The highest BCUT2D eigenvalue weighted by Crippen LogP contribution is 2.24. The lowest BCUT2D eigenvalue weighted by molar-refractivity contribution is 0.0943. The molecule has 96 valence electrons. The Hall–Kier alpha value is -1.62. The van der Waals surface area contributed by atoms with E-state index >= 15 is 0 Å². The first kappa shape index (κ1) is 12.8. The molecular weight excluding hydrogens is 248 g/mol. The van der Waals surface area contributed by atoms with Crippen LogP contribution in [0.5, 0.6) is 0 Å². The van der Waals surface area contributed by atoms with Crippen molar-refractivity contribution in [2.24, 2.45) is 5.92 Å². The van der Waals surface area contributed by atoms with Gasteiger partial charge in [-0.1, -0.05) is 25.1 Å². The molecule has 2 heterocycles. The van der Waals surface area contributed by atoms with Crippen molar-refractivity contribution in [2.75, 3.05) is 6.54 Å². The fraction of sp³-hybridized carbons (Fsp3) is 0.385. The lowest BCUT2D eigenvalue weighted by atomic mass is 10.1. The number of carbonyl (C=O) groups is 1. The van der Waals surface area contributed by atoms with E-state index in [1.165, 1.54) is 0 Å². The minimum absolute atomic E-state index is 0.179. The first-order valence-corrected chi connectivity index (χ1v) is 6.83. The summed E-state index contributed by atoms with van der Waals surface area (Å²) in [6.45, 7) is 4.91. The molecule has 18 heavy (non-hydrogen) atoms. The average molecular weight is 264 g/mol. The first-order chi connectivity index (χ1) is 8.66. The van der Waals surface area contributed by atoms with Crippen LogP contribution < -0.4 is 5.32 Å². The Morgan fingerprint density at radius 2 is 2.39 bits per heavy atom. The van der Waals surface area contributed by atoms with Gasteiger partial charge in [-0.2, -0.15) is 0 Å². The van der Waals surface area contributed by atoms with Crippen molar-refractivity contribution in [3.63, 3.8) is 0 Å². The summed E-state index contributed by atoms with van der Waals surface area (Å²) in [5.74, 6) is 1.03. The number of nitrogens with zero attached hydrogens (tertiary/aromatic N) is 1. The molecule has 5 heteroatoms. The minimum Gasteiger partial charge on any atom is -0.355 e. The van der Waals surface area contributed by atoms with Crippen LogP contribution in [0.15, 0.2) is 28.1 Å². The largest absolute Gasteiger partial charge is 0.355 e. The van der Waals surface area contributed by atoms with E-state index in [0.717, 1.165) is 11.3 Å². The number of carbonyl (C=O) groups excluding carboxylic acids is 1. The predicted molar refractivity (Wildman–Crippen MR) is 71.6 cm³/mol. The number of rotatable bonds is 5. The molecule has 2 aromatic rings. The molecule has 1 N–H and O–H groups in total. The van der Waals surface area contributed by atoms with E-state index in [0.29, 0.717) is 23.9 Å². The van der Waals surface area contributed by atoms with Gasteiger partial charge in [-0.3, -0.25) is 4.79 Å². The Labute approximate surface area is 110 Å². The maximum atomic E-state index is 11.8. The van der Waals surface area contributed by atoms with Crippen LogP contribution in [-0.2, 0) is 0 Å². The van der Waals surface area contributed by atoms with Crippen molar-refractivity contribution in [1.82, 2.24) is 10.5 Å². The normalized spacial score (nSPS) is 10.8. The average Bonchev–Trinajstić information content (AvgIpc) is 2.99. The quantitative estimate of drug-likeness (QED) is 0.902. The van der Waals surface area contributed by atoms with Crippen molar-refractivity contribution in [1.29, 1.82) is 0 Å². The number of aromatic nitrogens is 1. The van der Waals surface area contributed by atoms with Gasteiger partial charge in [-0.25, -0.2) is 0 Å². The van der Waals surface area contributed by atoms with Crippen LogP contribution >= 0.6 is 11.3 Å². The van der Waals surface area contributed by atoms with Crippen molar-refractivity contribution in [2.45, 2.75) is 20.3 Å². The summed E-state index contributed by atoms with van der Waals surface area (Å²) in [6, 6.07) is 5.55. The van der Waals surface area contributed by atoms with Crippen LogP contribution in [0.2, 0.25) is 0 Å². The van der Waals surface area contributed by atoms with Gasteiger partial charge in [-0.15, -0.1) is 11.3 Å². The van der Waals surface area contributed by atoms with Gasteiger partial charge in [0.05, 0.1) is 4.88 Å². The maximum Gasteiger partial charge on any atom is 0.273 e. The zero-order valence-corrected chi connectivity index (χ0v) is 11.3. The van der Waals surface area contributed by atoms with E-state index in [9.17, 15) is 4.79 Å². The number of thiophene rings is 1. The summed E-state index contributed by atoms with van der Waals surface area (Å²) >= 11 is 1.56. The fourth-order valence-corrected chi connectivity index (χ4v) is 2.16. The number of hydrogen-bond donors (Lipinski definition) is 1. The topological polar surface area (TPSA) is 55.1 Å². The molecule has 0 atom stereocenters. The van der Waals surface area contributed by atoms with Crippen LogP contribution in [0.3, 0.4) is 0 Å². The van der Waals surface area contributed by atoms with Gasteiger partial charge in [0.15, 0.2) is 11.5 Å². The Morgan fingerprint density at radius 3 is 3.06 bits per heavy atom. The van der Waals surface area contributed by atoms with E-state index in [-0.39, 0.29) is 5.91 Å². The lowest BCUT2D eigenvalue weighted by Gasteiger charge is -2.04. The molecule has 4 nitrogen and oxygen atoms in total. The minimum atomic E-state index is -0.179. The number of nitrogens with one attached hydrogen (secondary N) is 1. The second kappa shape index (κ2) is 5.82. The third-order valence-corrected chi connectivity index (χ3v) is 3.40. The van der Waals surface area contributed by atoms with E-state index in [1.807, 2.05) is 17.5 Å². The Balaban J connectivity index is 1.95. The summed E-state index contributed by atoms with van der Waals surface area (Å²) in [7, 11) is 0. The van der Waals surface area contributed by atoms with Crippen LogP contribution in [0.4, 0.5) is 0 Å². The smallest absolute Gasteiger partial charge is 0.273 e. The summed E-state index contributed by atoms with van der Waals surface area (Å²) in [5, 5.41) is 8.58. The van der Waals surface area contributed by atoms with Gasteiger partial charge in [0.2, 0.25) is 0 Å². The predicted octanol–water partition coefficient (Wildman–Crippen LogP) is 3.18. The Bertz CT molecular complexity index is 503. The molecule has 0 aromatic carbocycles. The molecule has 2 rings (SSSR count). The summed E-state index contributed by atoms with van der Waals surface area (Å²) in [6.07, 6.45) is 0.960. The number of amides is 1. The third-order valence-electron chi connectivity index (χ3n) is 2.51. The summed E-state index contributed by atoms with van der Waals surface area (Å²) < 4.78 is 5.16. The van der Waals surface area contributed by atoms with Crippen LogP contribution in [0.25, 0.3) is 10.6 Å². The summed E-state index contributed by atoms with van der Waals surface area (Å²) in [5.41, 5.74) is 0.335. The zero-order chi connectivity index (χ0) is 13.0. The first-order valence-electron chi connectivity index (χ1n) is 5.95. The summed E-state index contributed by atoms with van der Waals surface area (Å²) in [4.78, 5) is 12.8. The van der Waals surface area contributed by atoms with Crippen LogP contribution in [-0.4, -0.2) is 17.6 Å². The van der Waals surface area contributed by atoms with Crippen LogP contribution in [0.1, 0.15) is 30.8 Å². The third kappa shape index (κ3) is 3.20. The van der Waals surface area contributed by atoms with Gasteiger partial charge < -0.3 is 9.84 Å². The van der Waals surface area contributed by atoms with Crippen molar-refractivity contribution in [3.8, 4) is 10.6 Å². The molecule has 0 aliphatic rings. The highest BCUT2D eigenvalue weighted by Gasteiger charge is 2.13. The van der Waals surface area contributed by atoms with E-state index in [4.69, 9.17) is 4.52 Å². The lowest BCUT2D eigenvalue weighted by Crippen LogP contribution is -2.25. The van der Waals surface area contributed by atoms with Gasteiger partial charge in [0.25, 0.3) is 5.91 Å². The van der Waals surface area contributed by atoms with Gasteiger partial charge in [0, 0.05) is 12.6 Å². The molecule has 0 radical (unpaired) electrons. The highest BCUT2D eigenvalue weighted by molar-refractivity contribution is 7.13. The highest BCUT2D eigenvalue weighted by atomic mass is 32.1. The molecule has 0 unspecified atom stereocenters. The van der Waals surface area contributed by atoms with Crippen molar-refractivity contribution < 1.29 is 9.32 Å². The van der Waals surface area contributed by atoms with Gasteiger partial charge in [0.1, 0.15) is 0 Å². The van der Waals surface area contributed by atoms with E-state index in [1.54, 1.807) is 17.4 Å². The fourth-order valence-electron chi connectivity index (χ4n) is 1.48. The molecule has 0 bridgehead atoms. The molecule has 0 fully saturated rings. The molecule has 0 aliphatic heterocycles. The SMILES string of the molecule is CC(C)CCNC(=O)c1cc(-c2cccs2)on1. The Morgan fingerprint density at radius 1 is 1.56 bits per heavy atom. The molecule has 0 saturated heterocycles. The van der Waals surface area contributed by atoms with Crippen molar-refractivity contribution in [3.05, 3.63) is 29.3 Å². The van der Waals surface area contributed by atoms with Gasteiger partial charge >= 0.3 is 0 Å². The second-order valence-corrected chi connectivity index (χ2v) is 5.44. The molecule has 0 spiro atoms. The molecule has 0 saturated carbocycles.